The molecular weight excluding hydrogens is 166 g/mol. The van der Waals surface area contributed by atoms with Crippen LogP contribution >= 0.6 is 0 Å². The first-order valence-corrected chi connectivity index (χ1v) is 4.73. The van der Waals surface area contributed by atoms with Gasteiger partial charge in [0.2, 0.25) is 0 Å². The zero-order valence-electron chi connectivity index (χ0n) is 7.57. The lowest BCUT2D eigenvalue weighted by Gasteiger charge is -2.33. The van der Waals surface area contributed by atoms with E-state index in [4.69, 9.17) is 10.2 Å². The summed E-state index contributed by atoms with van der Waals surface area (Å²) in [6.45, 7) is 0. The molecule has 72 valence electrons. The Bertz CT molecular complexity index is 270. The quantitative estimate of drug-likeness (QED) is 0.687. The molecule has 1 aromatic rings. The molecule has 1 aliphatic carbocycles. The summed E-state index contributed by atoms with van der Waals surface area (Å²) in [5.41, 5.74) is 5.00. The molecule has 0 saturated heterocycles. The average Bonchev–Trinajstić information content (AvgIpc) is 2.55. The van der Waals surface area contributed by atoms with E-state index in [2.05, 4.69) is 0 Å². The molecule has 3 N–H and O–H groups in total. The second-order valence-electron chi connectivity index (χ2n) is 3.87. The maximum Gasteiger partial charge on any atom is 0.135 e. The Balaban J connectivity index is 2.20. The Labute approximate surface area is 77.5 Å². The lowest BCUT2D eigenvalue weighted by Crippen LogP contribution is -2.38. The van der Waals surface area contributed by atoms with Gasteiger partial charge in [0.15, 0.2) is 0 Å². The second kappa shape index (κ2) is 3.16. The summed E-state index contributed by atoms with van der Waals surface area (Å²) >= 11 is 0. The van der Waals surface area contributed by atoms with Crippen LogP contribution in [0.4, 0.5) is 0 Å². The number of hydrogen-bond acceptors (Lipinski definition) is 3. The SMILES string of the molecule is NC1CCCC(O)(c2ccco2)C1. The highest BCUT2D eigenvalue weighted by Crippen LogP contribution is 2.36. The molecule has 2 rings (SSSR count). The Kier molecular flexibility index (Phi) is 2.14. The Morgan fingerprint density at radius 3 is 3.08 bits per heavy atom. The van der Waals surface area contributed by atoms with Crippen molar-refractivity contribution in [3.8, 4) is 0 Å². The minimum atomic E-state index is -0.818. The maximum atomic E-state index is 10.2. The maximum absolute atomic E-state index is 10.2. The van der Waals surface area contributed by atoms with E-state index in [0.717, 1.165) is 19.3 Å². The fourth-order valence-electron chi connectivity index (χ4n) is 2.06. The number of nitrogens with two attached hydrogens (primary N) is 1. The third-order valence-corrected chi connectivity index (χ3v) is 2.74. The molecule has 3 heteroatoms. The first-order valence-electron chi connectivity index (χ1n) is 4.73. The molecule has 0 aromatic carbocycles. The van der Waals surface area contributed by atoms with Gasteiger partial charge in [0, 0.05) is 6.04 Å². The van der Waals surface area contributed by atoms with Crippen LogP contribution in [0.15, 0.2) is 22.8 Å². The lowest BCUT2D eigenvalue weighted by atomic mass is 9.80. The van der Waals surface area contributed by atoms with Crippen molar-refractivity contribution in [3.63, 3.8) is 0 Å². The highest BCUT2D eigenvalue weighted by atomic mass is 16.4. The minimum Gasteiger partial charge on any atom is -0.466 e. The van der Waals surface area contributed by atoms with Crippen molar-refractivity contribution in [2.45, 2.75) is 37.3 Å². The summed E-state index contributed by atoms with van der Waals surface area (Å²) in [4.78, 5) is 0. The van der Waals surface area contributed by atoms with Gasteiger partial charge in [0.1, 0.15) is 11.4 Å². The first-order chi connectivity index (χ1) is 6.21. The van der Waals surface area contributed by atoms with Crippen LogP contribution in [0.3, 0.4) is 0 Å². The summed E-state index contributed by atoms with van der Waals surface area (Å²) in [5.74, 6) is 0.655. The highest BCUT2D eigenvalue weighted by Gasteiger charge is 2.36. The van der Waals surface area contributed by atoms with Crippen molar-refractivity contribution < 1.29 is 9.52 Å². The van der Waals surface area contributed by atoms with Gasteiger partial charge in [-0.2, -0.15) is 0 Å². The van der Waals surface area contributed by atoms with Crippen molar-refractivity contribution >= 4 is 0 Å². The molecule has 0 spiro atoms. The van der Waals surface area contributed by atoms with E-state index < -0.39 is 5.60 Å². The summed E-state index contributed by atoms with van der Waals surface area (Å²) in [6, 6.07) is 3.72. The second-order valence-corrected chi connectivity index (χ2v) is 3.87. The van der Waals surface area contributed by atoms with Gasteiger partial charge in [-0.25, -0.2) is 0 Å². The van der Waals surface area contributed by atoms with Crippen molar-refractivity contribution in [2.24, 2.45) is 5.73 Å². The summed E-state index contributed by atoms with van der Waals surface area (Å²) < 4.78 is 5.22. The molecule has 3 nitrogen and oxygen atoms in total. The molecule has 1 aliphatic rings. The van der Waals surface area contributed by atoms with E-state index in [-0.39, 0.29) is 6.04 Å². The topological polar surface area (TPSA) is 59.4 Å². The summed E-state index contributed by atoms with van der Waals surface area (Å²) in [7, 11) is 0. The Morgan fingerprint density at radius 1 is 1.62 bits per heavy atom. The normalized spacial score (nSPS) is 34.8. The average molecular weight is 181 g/mol. The van der Waals surface area contributed by atoms with Gasteiger partial charge in [-0.3, -0.25) is 0 Å². The van der Waals surface area contributed by atoms with Crippen LogP contribution in [0.2, 0.25) is 0 Å². The molecule has 1 saturated carbocycles. The van der Waals surface area contributed by atoms with Crippen LogP contribution in [0.5, 0.6) is 0 Å². The molecule has 0 amide bonds. The molecular formula is C10H15NO2. The van der Waals surface area contributed by atoms with Crippen LogP contribution in [0, 0.1) is 0 Å². The number of aliphatic hydroxyl groups is 1. The van der Waals surface area contributed by atoms with Gasteiger partial charge in [-0.05, 0) is 37.8 Å². The van der Waals surface area contributed by atoms with Crippen LogP contribution in [-0.2, 0) is 5.60 Å². The van der Waals surface area contributed by atoms with Crippen LogP contribution in [0.1, 0.15) is 31.4 Å². The number of hydrogen-bond donors (Lipinski definition) is 2. The van der Waals surface area contributed by atoms with E-state index in [9.17, 15) is 5.11 Å². The van der Waals surface area contributed by atoms with Crippen LogP contribution in [-0.4, -0.2) is 11.1 Å². The summed E-state index contributed by atoms with van der Waals surface area (Å²) in [6.07, 6.45) is 4.93. The molecule has 1 fully saturated rings. The highest BCUT2D eigenvalue weighted by molar-refractivity contribution is 5.11. The predicted octanol–water partition coefficient (Wildman–Crippen LogP) is 1.37. The van der Waals surface area contributed by atoms with Crippen molar-refractivity contribution in [1.82, 2.24) is 0 Å². The first kappa shape index (κ1) is 8.78. The van der Waals surface area contributed by atoms with Gasteiger partial charge >= 0.3 is 0 Å². The predicted molar refractivity (Wildman–Crippen MR) is 49.0 cm³/mol. The molecule has 13 heavy (non-hydrogen) atoms. The zero-order chi connectivity index (χ0) is 9.31. The zero-order valence-corrected chi connectivity index (χ0v) is 7.57. The fourth-order valence-corrected chi connectivity index (χ4v) is 2.06. The molecule has 1 aromatic heterocycles. The van der Waals surface area contributed by atoms with Crippen LogP contribution in [0.25, 0.3) is 0 Å². The Hall–Kier alpha value is -0.800. The monoisotopic (exact) mass is 181 g/mol. The summed E-state index contributed by atoms with van der Waals surface area (Å²) in [5, 5.41) is 10.2. The third-order valence-electron chi connectivity index (χ3n) is 2.74. The molecule has 2 atom stereocenters. The van der Waals surface area contributed by atoms with Gasteiger partial charge in [-0.15, -0.1) is 0 Å². The molecule has 1 heterocycles. The van der Waals surface area contributed by atoms with Gasteiger partial charge < -0.3 is 15.3 Å². The number of rotatable bonds is 1. The lowest BCUT2D eigenvalue weighted by molar-refractivity contribution is -0.0257. The van der Waals surface area contributed by atoms with E-state index in [1.165, 1.54) is 0 Å². The third kappa shape index (κ3) is 1.62. The van der Waals surface area contributed by atoms with Gasteiger partial charge in [0.25, 0.3) is 0 Å². The van der Waals surface area contributed by atoms with Gasteiger partial charge in [0.05, 0.1) is 6.26 Å². The molecule has 0 bridgehead atoms. The van der Waals surface area contributed by atoms with Crippen molar-refractivity contribution in [2.75, 3.05) is 0 Å². The smallest absolute Gasteiger partial charge is 0.135 e. The van der Waals surface area contributed by atoms with Crippen LogP contribution < -0.4 is 5.73 Å². The van der Waals surface area contributed by atoms with Gasteiger partial charge in [-0.1, -0.05) is 0 Å². The number of furan rings is 1. The van der Waals surface area contributed by atoms with E-state index in [0.29, 0.717) is 12.2 Å². The standard InChI is InChI=1S/C10H15NO2/c11-8-3-1-5-10(12,7-8)9-4-2-6-13-9/h2,4,6,8,12H,1,3,5,7,11H2. The van der Waals surface area contributed by atoms with E-state index >= 15 is 0 Å². The van der Waals surface area contributed by atoms with E-state index in [1.54, 1.807) is 12.3 Å². The minimum absolute atomic E-state index is 0.101. The fraction of sp³-hybridized carbons (Fsp3) is 0.600. The Morgan fingerprint density at radius 2 is 2.46 bits per heavy atom. The molecule has 2 unspecified atom stereocenters. The molecule has 0 aliphatic heterocycles. The molecule has 0 radical (unpaired) electrons. The largest absolute Gasteiger partial charge is 0.466 e. The van der Waals surface area contributed by atoms with Crippen molar-refractivity contribution in [1.29, 1.82) is 0 Å². The van der Waals surface area contributed by atoms with Crippen molar-refractivity contribution in [3.05, 3.63) is 24.2 Å². The van der Waals surface area contributed by atoms with E-state index in [1.807, 2.05) is 6.07 Å².